The average Bonchev–Trinajstić information content (AvgIpc) is 2.48. The third kappa shape index (κ3) is 2.37. The zero-order valence-corrected chi connectivity index (χ0v) is 11.1. The number of carbonyl (C=O) groups is 1. The van der Waals surface area contributed by atoms with E-state index in [0.717, 1.165) is 24.8 Å². The summed E-state index contributed by atoms with van der Waals surface area (Å²) in [6.07, 6.45) is 4.24. The van der Waals surface area contributed by atoms with E-state index < -0.39 is 5.97 Å². The molecule has 0 amide bonds. The van der Waals surface area contributed by atoms with Gasteiger partial charge in [0.25, 0.3) is 0 Å². The maximum absolute atomic E-state index is 12.2. The maximum atomic E-state index is 12.2. The second-order valence-electron chi connectivity index (χ2n) is 4.93. The fraction of sp³-hybridized carbons (Fsp3) is 0.250. The lowest BCUT2D eigenvalue weighted by Crippen LogP contribution is -2.18. The third-order valence-electron chi connectivity index (χ3n) is 3.60. The van der Waals surface area contributed by atoms with E-state index in [1.165, 1.54) is 5.56 Å². The first-order valence-electron chi connectivity index (χ1n) is 6.75. The quantitative estimate of drug-likeness (QED) is 0.850. The molecular weight excluding hydrogens is 252 g/mol. The summed E-state index contributed by atoms with van der Waals surface area (Å²) in [6, 6.07) is 11.4. The van der Waals surface area contributed by atoms with Crippen molar-refractivity contribution in [2.75, 3.05) is 5.73 Å². The SMILES string of the molecule is Nc1cccnc1C(=O)OC1CCCc2ccccc21. The normalized spacial score (nSPS) is 17.3. The molecule has 1 heterocycles. The van der Waals surface area contributed by atoms with Crippen molar-refractivity contribution in [3.05, 3.63) is 59.4 Å². The van der Waals surface area contributed by atoms with E-state index in [4.69, 9.17) is 10.5 Å². The van der Waals surface area contributed by atoms with Gasteiger partial charge in [0.1, 0.15) is 6.10 Å². The third-order valence-corrected chi connectivity index (χ3v) is 3.60. The molecule has 1 aromatic heterocycles. The summed E-state index contributed by atoms with van der Waals surface area (Å²) in [7, 11) is 0. The van der Waals surface area contributed by atoms with Crippen LogP contribution in [0.4, 0.5) is 5.69 Å². The first-order chi connectivity index (χ1) is 9.75. The summed E-state index contributed by atoms with van der Waals surface area (Å²) >= 11 is 0. The van der Waals surface area contributed by atoms with E-state index in [2.05, 4.69) is 11.1 Å². The number of pyridine rings is 1. The molecule has 102 valence electrons. The second-order valence-corrected chi connectivity index (χ2v) is 4.93. The number of anilines is 1. The number of nitrogens with zero attached hydrogens (tertiary/aromatic N) is 1. The molecule has 0 spiro atoms. The molecule has 2 aromatic rings. The molecule has 1 aliphatic carbocycles. The zero-order chi connectivity index (χ0) is 13.9. The number of rotatable bonds is 2. The molecule has 20 heavy (non-hydrogen) atoms. The van der Waals surface area contributed by atoms with Crippen LogP contribution in [0.5, 0.6) is 0 Å². The second kappa shape index (κ2) is 5.33. The summed E-state index contributed by atoms with van der Waals surface area (Å²) in [5.74, 6) is -0.454. The lowest BCUT2D eigenvalue weighted by atomic mass is 9.89. The number of nitrogen functional groups attached to an aromatic ring is 1. The topological polar surface area (TPSA) is 65.2 Å². The Morgan fingerprint density at radius 3 is 2.95 bits per heavy atom. The van der Waals surface area contributed by atoms with E-state index in [0.29, 0.717) is 5.69 Å². The number of aryl methyl sites for hydroxylation is 1. The van der Waals surface area contributed by atoms with Crippen LogP contribution in [0.25, 0.3) is 0 Å². The van der Waals surface area contributed by atoms with Gasteiger partial charge in [-0.25, -0.2) is 9.78 Å². The number of nitrogens with two attached hydrogens (primary N) is 1. The van der Waals surface area contributed by atoms with Gasteiger partial charge >= 0.3 is 5.97 Å². The first kappa shape index (κ1) is 12.7. The zero-order valence-electron chi connectivity index (χ0n) is 11.1. The predicted molar refractivity (Wildman–Crippen MR) is 76.2 cm³/mol. The molecule has 1 aromatic carbocycles. The highest BCUT2D eigenvalue weighted by Crippen LogP contribution is 2.33. The Kier molecular flexibility index (Phi) is 3.37. The monoisotopic (exact) mass is 268 g/mol. The largest absolute Gasteiger partial charge is 0.453 e. The van der Waals surface area contributed by atoms with E-state index in [1.807, 2.05) is 18.2 Å². The van der Waals surface area contributed by atoms with Crippen LogP contribution in [-0.2, 0) is 11.2 Å². The van der Waals surface area contributed by atoms with Gasteiger partial charge in [-0.15, -0.1) is 0 Å². The van der Waals surface area contributed by atoms with Crippen LogP contribution in [-0.4, -0.2) is 11.0 Å². The molecule has 4 heteroatoms. The Balaban J connectivity index is 1.83. The molecule has 0 bridgehead atoms. The smallest absolute Gasteiger partial charge is 0.359 e. The number of carbonyl (C=O) groups excluding carboxylic acids is 1. The standard InChI is InChI=1S/C16H16N2O2/c17-13-8-4-10-18-15(13)16(19)20-14-9-3-6-11-5-1-2-7-12(11)14/h1-2,4-5,7-8,10,14H,3,6,9,17H2. The highest BCUT2D eigenvalue weighted by molar-refractivity contribution is 5.92. The van der Waals surface area contributed by atoms with Gasteiger partial charge in [-0.05, 0) is 42.5 Å². The molecule has 2 N–H and O–H groups in total. The number of ether oxygens (including phenoxy) is 1. The first-order valence-corrected chi connectivity index (χ1v) is 6.75. The van der Waals surface area contributed by atoms with Gasteiger partial charge in [0.2, 0.25) is 0 Å². The van der Waals surface area contributed by atoms with Crippen molar-refractivity contribution in [3.63, 3.8) is 0 Å². The fourth-order valence-electron chi connectivity index (χ4n) is 2.61. The Morgan fingerprint density at radius 2 is 2.10 bits per heavy atom. The molecule has 0 aliphatic heterocycles. The number of esters is 1. The predicted octanol–water partition coefficient (Wildman–Crippen LogP) is 2.90. The molecule has 0 saturated heterocycles. The van der Waals surface area contributed by atoms with Crippen LogP contribution in [0.3, 0.4) is 0 Å². The lowest BCUT2D eigenvalue weighted by Gasteiger charge is -2.25. The molecule has 3 rings (SSSR count). The fourth-order valence-corrected chi connectivity index (χ4v) is 2.61. The molecular formula is C16H16N2O2. The Bertz CT molecular complexity index is 640. The molecule has 0 radical (unpaired) electrons. The minimum atomic E-state index is -0.454. The van der Waals surface area contributed by atoms with Crippen LogP contribution in [0, 0.1) is 0 Å². The van der Waals surface area contributed by atoms with Gasteiger partial charge < -0.3 is 10.5 Å². The van der Waals surface area contributed by atoms with Gasteiger partial charge in [0.15, 0.2) is 5.69 Å². The van der Waals surface area contributed by atoms with E-state index in [9.17, 15) is 4.79 Å². The van der Waals surface area contributed by atoms with Crippen LogP contribution >= 0.6 is 0 Å². The van der Waals surface area contributed by atoms with Crippen LogP contribution in [0.1, 0.15) is 40.6 Å². The molecule has 1 aliphatic rings. The van der Waals surface area contributed by atoms with E-state index >= 15 is 0 Å². The number of benzene rings is 1. The molecule has 0 saturated carbocycles. The van der Waals surface area contributed by atoms with Gasteiger partial charge in [0.05, 0.1) is 5.69 Å². The minimum absolute atomic E-state index is 0.190. The summed E-state index contributed by atoms with van der Waals surface area (Å²) in [6.45, 7) is 0. The number of hydrogen-bond donors (Lipinski definition) is 1. The Labute approximate surface area is 117 Å². The van der Waals surface area contributed by atoms with Crippen molar-refractivity contribution in [2.45, 2.75) is 25.4 Å². The Hall–Kier alpha value is -2.36. The van der Waals surface area contributed by atoms with Crippen LogP contribution in [0.15, 0.2) is 42.6 Å². The highest BCUT2D eigenvalue weighted by atomic mass is 16.5. The van der Waals surface area contributed by atoms with Crippen molar-refractivity contribution in [3.8, 4) is 0 Å². The number of hydrogen-bond acceptors (Lipinski definition) is 4. The van der Waals surface area contributed by atoms with E-state index in [-0.39, 0.29) is 11.8 Å². The summed E-state index contributed by atoms with van der Waals surface area (Å²) in [5.41, 5.74) is 8.65. The molecule has 0 fully saturated rings. The summed E-state index contributed by atoms with van der Waals surface area (Å²) < 4.78 is 5.60. The van der Waals surface area contributed by atoms with Crippen LogP contribution < -0.4 is 5.73 Å². The molecule has 1 unspecified atom stereocenters. The highest BCUT2D eigenvalue weighted by Gasteiger charge is 2.24. The summed E-state index contributed by atoms with van der Waals surface area (Å²) in [4.78, 5) is 16.2. The van der Waals surface area contributed by atoms with Gasteiger partial charge in [-0.3, -0.25) is 0 Å². The van der Waals surface area contributed by atoms with Crippen molar-refractivity contribution < 1.29 is 9.53 Å². The minimum Gasteiger partial charge on any atom is -0.453 e. The molecule has 4 nitrogen and oxygen atoms in total. The van der Waals surface area contributed by atoms with E-state index in [1.54, 1.807) is 18.3 Å². The number of fused-ring (bicyclic) bond motifs is 1. The van der Waals surface area contributed by atoms with Crippen molar-refractivity contribution >= 4 is 11.7 Å². The van der Waals surface area contributed by atoms with Gasteiger partial charge in [0, 0.05) is 6.20 Å². The average molecular weight is 268 g/mol. The van der Waals surface area contributed by atoms with Crippen molar-refractivity contribution in [1.29, 1.82) is 0 Å². The number of aromatic nitrogens is 1. The van der Waals surface area contributed by atoms with Crippen molar-refractivity contribution in [2.24, 2.45) is 0 Å². The Morgan fingerprint density at radius 1 is 1.25 bits per heavy atom. The maximum Gasteiger partial charge on any atom is 0.359 e. The van der Waals surface area contributed by atoms with Gasteiger partial charge in [-0.1, -0.05) is 24.3 Å². The van der Waals surface area contributed by atoms with Gasteiger partial charge in [-0.2, -0.15) is 0 Å². The molecule has 1 atom stereocenters. The lowest BCUT2D eigenvalue weighted by molar-refractivity contribution is 0.0251. The summed E-state index contributed by atoms with van der Waals surface area (Å²) in [5, 5.41) is 0. The van der Waals surface area contributed by atoms with Crippen LogP contribution in [0.2, 0.25) is 0 Å². The van der Waals surface area contributed by atoms with Crippen molar-refractivity contribution in [1.82, 2.24) is 4.98 Å².